The molecule has 0 bridgehead atoms. The number of rotatable bonds is 6. The van der Waals surface area contributed by atoms with Crippen LogP contribution >= 0.6 is 0 Å². The number of ether oxygens (including phenoxy) is 1. The highest BCUT2D eigenvalue weighted by molar-refractivity contribution is 6.00. The van der Waals surface area contributed by atoms with Crippen molar-refractivity contribution < 1.29 is 9.53 Å². The summed E-state index contributed by atoms with van der Waals surface area (Å²) in [6.45, 7) is 2.60. The summed E-state index contributed by atoms with van der Waals surface area (Å²) in [5, 5.41) is 3.92. The van der Waals surface area contributed by atoms with Gasteiger partial charge in [-0.3, -0.25) is 4.79 Å². The van der Waals surface area contributed by atoms with E-state index in [2.05, 4.69) is 17.2 Å². The van der Waals surface area contributed by atoms with Gasteiger partial charge in [0.25, 0.3) is 5.91 Å². The number of H-pyrrole nitrogens is 1. The van der Waals surface area contributed by atoms with E-state index in [1.807, 2.05) is 24.3 Å². The van der Waals surface area contributed by atoms with Crippen LogP contribution in [0.1, 0.15) is 30.3 Å². The summed E-state index contributed by atoms with van der Waals surface area (Å²) in [5.74, 6) is -0.129. The van der Waals surface area contributed by atoms with E-state index in [1.54, 1.807) is 7.11 Å². The smallest absolute Gasteiger partial charge is 0.268 e. The lowest BCUT2D eigenvalue weighted by atomic mass is 10.1. The van der Waals surface area contributed by atoms with Crippen LogP contribution in [-0.2, 0) is 4.74 Å². The summed E-state index contributed by atoms with van der Waals surface area (Å²) in [4.78, 5) is 15.3. The minimum Gasteiger partial charge on any atom is -0.397 e. The minimum atomic E-state index is -0.129. The molecular weight excluding hydrogens is 254 g/mol. The maximum atomic E-state index is 12.2. The van der Waals surface area contributed by atoms with Gasteiger partial charge in [0.05, 0.1) is 23.9 Å². The van der Waals surface area contributed by atoms with E-state index < -0.39 is 0 Å². The number of aromatic nitrogens is 1. The Labute approximate surface area is 118 Å². The number of nitrogen functional groups attached to an aromatic ring is 1. The van der Waals surface area contributed by atoms with Crippen LogP contribution in [0.4, 0.5) is 5.69 Å². The molecule has 1 atom stereocenters. The Kier molecular flexibility index (Phi) is 4.63. The molecule has 5 nitrogen and oxygen atoms in total. The lowest BCUT2D eigenvalue weighted by molar-refractivity contribution is 0.0887. The van der Waals surface area contributed by atoms with Gasteiger partial charge >= 0.3 is 0 Å². The van der Waals surface area contributed by atoms with E-state index in [4.69, 9.17) is 10.5 Å². The van der Waals surface area contributed by atoms with Crippen LogP contribution in [0.3, 0.4) is 0 Å². The maximum absolute atomic E-state index is 12.2. The number of aromatic amines is 1. The number of amides is 1. The Morgan fingerprint density at radius 3 is 2.95 bits per heavy atom. The predicted molar refractivity (Wildman–Crippen MR) is 80.7 cm³/mol. The predicted octanol–water partition coefficient (Wildman–Crippen LogP) is 2.29. The van der Waals surface area contributed by atoms with Gasteiger partial charge in [-0.25, -0.2) is 0 Å². The second kappa shape index (κ2) is 6.43. The maximum Gasteiger partial charge on any atom is 0.268 e. The minimum absolute atomic E-state index is 0.0289. The number of nitrogens with one attached hydrogen (secondary N) is 2. The van der Waals surface area contributed by atoms with E-state index in [-0.39, 0.29) is 11.9 Å². The third-order valence-electron chi connectivity index (χ3n) is 3.27. The number of hydrogen-bond donors (Lipinski definition) is 3. The second-order valence-corrected chi connectivity index (χ2v) is 4.91. The van der Waals surface area contributed by atoms with Gasteiger partial charge in [-0.2, -0.15) is 0 Å². The highest BCUT2D eigenvalue weighted by Gasteiger charge is 2.15. The summed E-state index contributed by atoms with van der Waals surface area (Å²) >= 11 is 0. The van der Waals surface area contributed by atoms with E-state index in [0.717, 1.165) is 23.7 Å². The molecule has 1 aromatic carbocycles. The molecule has 0 aliphatic carbocycles. The molecule has 1 amide bonds. The van der Waals surface area contributed by atoms with E-state index in [0.29, 0.717) is 18.0 Å². The summed E-state index contributed by atoms with van der Waals surface area (Å²) in [6, 6.07) is 7.46. The van der Waals surface area contributed by atoms with E-state index in [1.165, 1.54) is 0 Å². The normalized spacial score (nSPS) is 12.5. The lowest BCUT2D eigenvalue weighted by Crippen LogP contribution is -2.38. The molecule has 0 spiro atoms. The number of methoxy groups -OCH3 is 1. The van der Waals surface area contributed by atoms with Crippen molar-refractivity contribution in [2.75, 3.05) is 19.5 Å². The first-order chi connectivity index (χ1) is 9.65. The van der Waals surface area contributed by atoms with Crippen LogP contribution in [0.15, 0.2) is 24.3 Å². The van der Waals surface area contributed by atoms with E-state index in [9.17, 15) is 4.79 Å². The second-order valence-electron chi connectivity index (χ2n) is 4.91. The molecule has 0 aliphatic rings. The first-order valence-corrected chi connectivity index (χ1v) is 6.82. The largest absolute Gasteiger partial charge is 0.397 e. The van der Waals surface area contributed by atoms with Crippen LogP contribution < -0.4 is 11.1 Å². The van der Waals surface area contributed by atoms with Gasteiger partial charge < -0.3 is 20.8 Å². The highest BCUT2D eigenvalue weighted by atomic mass is 16.5. The molecule has 0 saturated heterocycles. The number of hydrogen-bond acceptors (Lipinski definition) is 3. The van der Waals surface area contributed by atoms with Crippen molar-refractivity contribution >= 4 is 22.5 Å². The van der Waals surface area contributed by atoms with Crippen molar-refractivity contribution in [3.8, 4) is 0 Å². The third-order valence-corrected chi connectivity index (χ3v) is 3.27. The molecule has 108 valence electrons. The summed E-state index contributed by atoms with van der Waals surface area (Å²) in [5.41, 5.74) is 7.85. The monoisotopic (exact) mass is 275 g/mol. The molecule has 1 heterocycles. The average Bonchev–Trinajstić information content (AvgIpc) is 2.85. The molecule has 0 radical (unpaired) electrons. The molecule has 0 saturated carbocycles. The van der Waals surface area contributed by atoms with Crippen LogP contribution in [0.2, 0.25) is 0 Å². The standard InChI is InChI=1S/C15H21N3O2/c1-3-5-11(9-20-2)17-15(19)13-8-10-6-4-7-12(16)14(10)18-13/h4,6-8,11,18H,3,5,9,16H2,1-2H3,(H,17,19). The number of carbonyl (C=O) groups is 1. The van der Waals surface area contributed by atoms with Gasteiger partial charge in [0.1, 0.15) is 5.69 Å². The number of anilines is 1. The molecule has 0 fully saturated rings. The van der Waals surface area contributed by atoms with Crippen molar-refractivity contribution in [1.29, 1.82) is 0 Å². The van der Waals surface area contributed by atoms with E-state index >= 15 is 0 Å². The summed E-state index contributed by atoms with van der Waals surface area (Å²) in [6.07, 6.45) is 1.88. The Morgan fingerprint density at radius 1 is 1.50 bits per heavy atom. The van der Waals surface area contributed by atoms with Crippen LogP contribution in [0.5, 0.6) is 0 Å². The molecule has 4 N–H and O–H groups in total. The fourth-order valence-electron chi connectivity index (χ4n) is 2.31. The van der Waals surface area contributed by atoms with Gasteiger partial charge in [0.15, 0.2) is 0 Å². The van der Waals surface area contributed by atoms with Crippen molar-refractivity contribution in [3.63, 3.8) is 0 Å². The van der Waals surface area contributed by atoms with Gasteiger partial charge in [0.2, 0.25) is 0 Å². The lowest BCUT2D eigenvalue weighted by Gasteiger charge is -2.16. The quantitative estimate of drug-likeness (QED) is 0.708. The summed E-state index contributed by atoms with van der Waals surface area (Å²) < 4.78 is 5.13. The number of fused-ring (bicyclic) bond motifs is 1. The zero-order chi connectivity index (χ0) is 14.5. The molecular formula is C15H21N3O2. The fraction of sp³-hybridized carbons (Fsp3) is 0.400. The van der Waals surface area contributed by atoms with Crippen LogP contribution in [-0.4, -0.2) is 30.6 Å². The van der Waals surface area contributed by atoms with Crippen molar-refractivity contribution in [2.24, 2.45) is 0 Å². The molecule has 2 aromatic rings. The third kappa shape index (κ3) is 3.11. The molecule has 1 aromatic heterocycles. The topological polar surface area (TPSA) is 80.1 Å². The Hall–Kier alpha value is -2.01. The van der Waals surface area contributed by atoms with Gasteiger partial charge in [-0.1, -0.05) is 25.5 Å². The van der Waals surface area contributed by atoms with Gasteiger partial charge in [0, 0.05) is 12.5 Å². The Morgan fingerprint density at radius 2 is 2.30 bits per heavy atom. The number of para-hydroxylation sites is 1. The number of carbonyl (C=O) groups excluding carboxylic acids is 1. The van der Waals surface area contributed by atoms with Crippen molar-refractivity contribution in [3.05, 3.63) is 30.0 Å². The fourth-order valence-corrected chi connectivity index (χ4v) is 2.31. The van der Waals surface area contributed by atoms with Gasteiger partial charge in [-0.15, -0.1) is 0 Å². The number of benzene rings is 1. The molecule has 2 rings (SSSR count). The Balaban J connectivity index is 2.16. The van der Waals surface area contributed by atoms with Crippen LogP contribution in [0.25, 0.3) is 10.9 Å². The van der Waals surface area contributed by atoms with Gasteiger partial charge in [-0.05, 0) is 18.6 Å². The summed E-state index contributed by atoms with van der Waals surface area (Å²) in [7, 11) is 1.64. The molecule has 1 unspecified atom stereocenters. The molecule has 5 heteroatoms. The Bertz CT molecular complexity index is 586. The zero-order valence-electron chi connectivity index (χ0n) is 11.9. The van der Waals surface area contributed by atoms with Crippen molar-refractivity contribution in [2.45, 2.75) is 25.8 Å². The first kappa shape index (κ1) is 14.4. The zero-order valence-corrected chi connectivity index (χ0v) is 11.9. The van der Waals surface area contributed by atoms with Crippen molar-refractivity contribution in [1.82, 2.24) is 10.3 Å². The molecule has 20 heavy (non-hydrogen) atoms. The molecule has 0 aliphatic heterocycles. The number of nitrogens with two attached hydrogens (primary N) is 1. The highest BCUT2D eigenvalue weighted by Crippen LogP contribution is 2.21. The SMILES string of the molecule is CCCC(COC)NC(=O)c1cc2cccc(N)c2[nH]1. The average molecular weight is 275 g/mol. The van der Waals surface area contributed by atoms with Crippen LogP contribution in [0, 0.1) is 0 Å². The first-order valence-electron chi connectivity index (χ1n) is 6.82.